The second kappa shape index (κ2) is 31.4. The van der Waals surface area contributed by atoms with Crippen molar-refractivity contribution in [3.05, 3.63) is 93.2 Å². The van der Waals surface area contributed by atoms with Gasteiger partial charge in [-0.25, -0.2) is 20.2 Å². The molecular weight excluding hydrogens is 1030 g/mol. The first kappa shape index (κ1) is 61.0. The van der Waals surface area contributed by atoms with Crippen molar-refractivity contribution in [2.45, 2.75) is 143 Å². The van der Waals surface area contributed by atoms with Gasteiger partial charge in [0.05, 0.1) is 25.5 Å². The highest BCUT2D eigenvalue weighted by Gasteiger charge is 2.35. The van der Waals surface area contributed by atoms with Crippen LogP contribution >= 0.6 is 11.3 Å². The standard InChI is InChI=1S/C56H78N12O10S/c1-7-22-68(48(71)27-36(6)9-3)44(35(4)5)30-45(76-23-8-2)54-63-43(33-79-54)52(73)62-40-28-39-13-10-11-14-41(39)42(29-40)51(72)66-67-56(74)77-26-25-75-24-21-58-46(69)15-12-16-47(70)59-31-37-17-19-38(20-18-37)32-78-53-49-50(61-34-60-49)64-55(57)65-53/h10-11,13-14,17-20,33-36,40,42,44-45H,7-9,12,15-16,21-32H2,1-6H3,(H,58,69)(H,59,70)(H,62,73)(H,66,72)(H,67,74)(H3,57,60,61,64,65)/t36-,40-,42+,44?,45+/m0/s1. The monoisotopic (exact) mass is 1110 g/mol. The van der Waals surface area contributed by atoms with Crippen LogP contribution in [0.3, 0.4) is 0 Å². The topological polar surface area (TPSA) is 296 Å². The number of ether oxygens (including phenoxy) is 4. The van der Waals surface area contributed by atoms with Crippen molar-refractivity contribution in [3.8, 4) is 5.88 Å². The number of hydrogen-bond acceptors (Lipinski definition) is 16. The average molecular weight is 1110 g/mol. The van der Waals surface area contributed by atoms with Crippen molar-refractivity contribution < 1.29 is 47.7 Å². The van der Waals surface area contributed by atoms with E-state index in [0.717, 1.165) is 41.5 Å². The lowest BCUT2D eigenvalue weighted by molar-refractivity contribution is -0.136. The molecule has 6 rings (SSSR count). The summed E-state index contributed by atoms with van der Waals surface area (Å²) in [6.07, 6.45) is 5.30. The summed E-state index contributed by atoms with van der Waals surface area (Å²) in [4.78, 5) is 100. The first-order valence-corrected chi connectivity index (χ1v) is 28.3. The SMILES string of the molecule is CCCO[C@H](CC(C(C)C)N(CCC)C(=O)C[C@@H](C)CC)c1nc(C(=O)N[C@H]2Cc3ccccc3[C@H](C(=O)NNC(=O)OCCOCCNC(=O)CCCC(=O)NCc3ccc(COc4nc(N)nc5nc[nH]c45)cc3)C2)cs1. The van der Waals surface area contributed by atoms with Gasteiger partial charge in [-0.15, -0.1) is 11.3 Å². The molecule has 0 saturated heterocycles. The number of amides is 6. The zero-order chi connectivity index (χ0) is 56.7. The maximum Gasteiger partial charge on any atom is 0.426 e. The number of fused-ring (bicyclic) bond motifs is 2. The number of hydrazine groups is 1. The molecule has 0 saturated carbocycles. The Balaban J connectivity index is 0.853. The maximum atomic E-state index is 13.8. The van der Waals surface area contributed by atoms with Gasteiger partial charge in [-0.3, -0.25) is 29.4 Å². The summed E-state index contributed by atoms with van der Waals surface area (Å²) >= 11 is 1.36. The van der Waals surface area contributed by atoms with E-state index in [1.165, 1.54) is 17.7 Å². The lowest BCUT2D eigenvalue weighted by atomic mass is 9.79. The van der Waals surface area contributed by atoms with Crippen LogP contribution < -0.4 is 37.3 Å². The lowest BCUT2D eigenvalue weighted by Crippen LogP contribution is -2.48. The predicted octanol–water partition coefficient (Wildman–Crippen LogP) is 6.73. The van der Waals surface area contributed by atoms with Gasteiger partial charge in [0, 0.05) is 69.4 Å². The summed E-state index contributed by atoms with van der Waals surface area (Å²) in [7, 11) is 0. The van der Waals surface area contributed by atoms with Crippen LogP contribution in [-0.4, -0.2) is 117 Å². The number of hydrogen-bond donors (Lipinski definition) is 7. The van der Waals surface area contributed by atoms with Crippen LogP contribution in [-0.2, 0) is 53.0 Å². The van der Waals surface area contributed by atoms with Gasteiger partial charge in [0.2, 0.25) is 35.5 Å². The first-order valence-electron chi connectivity index (χ1n) is 27.4. The molecule has 1 aliphatic carbocycles. The van der Waals surface area contributed by atoms with Crippen LogP contribution in [0.5, 0.6) is 5.88 Å². The fourth-order valence-corrected chi connectivity index (χ4v) is 10.0. The molecule has 23 heteroatoms. The van der Waals surface area contributed by atoms with Crippen molar-refractivity contribution in [1.29, 1.82) is 0 Å². The van der Waals surface area contributed by atoms with Gasteiger partial charge in [0.15, 0.2) is 5.65 Å². The van der Waals surface area contributed by atoms with E-state index in [1.807, 2.05) is 60.4 Å². The Morgan fingerprint density at radius 3 is 2.38 bits per heavy atom. The molecule has 22 nitrogen and oxygen atoms in total. The molecule has 2 aromatic carbocycles. The van der Waals surface area contributed by atoms with E-state index in [2.05, 4.69) is 81.4 Å². The molecule has 0 bridgehead atoms. The molecule has 0 fully saturated rings. The number of rotatable bonds is 31. The van der Waals surface area contributed by atoms with E-state index in [9.17, 15) is 28.8 Å². The molecule has 0 aliphatic heterocycles. The molecule has 1 aliphatic rings. The van der Waals surface area contributed by atoms with E-state index in [4.69, 9.17) is 29.7 Å². The highest BCUT2D eigenvalue weighted by Crippen LogP contribution is 2.34. The number of imidazole rings is 1. The van der Waals surface area contributed by atoms with Gasteiger partial charge in [-0.2, -0.15) is 9.97 Å². The summed E-state index contributed by atoms with van der Waals surface area (Å²) in [6.45, 7) is 14.6. The Bertz CT molecular complexity index is 2770. The molecule has 0 radical (unpaired) electrons. The van der Waals surface area contributed by atoms with Crippen molar-refractivity contribution in [3.63, 3.8) is 0 Å². The summed E-state index contributed by atoms with van der Waals surface area (Å²) in [5, 5.41) is 11.1. The van der Waals surface area contributed by atoms with Crippen LogP contribution in [0.4, 0.5) is 10.7 Å². The lowest BCUT2D eigenvalue weighted by Gasteiger charge is -2.37. The molecule has 79 heavy (non-hydrogen) atoms. The number of nitrogens with zero attached hydrogens (tertiary/aromatic N) is 5. The molecular formula is C56H78N12O10S. The second-order valence-electron chi connectivity index (χ2n) is 20.1. The number of aromatic amines is 1. The smallest absolute Gasteiger partial charge is 0.426 e. The van der Waals surface area contributed by atoms with Crippen LogP contribution in [0.2, 0.25) is 0 Å². The van der Waals surface area contributed by atoms with E-state index < -0.39 is 30.1 Å². The predicted molar refractivity (Wildman–Crippen MR) is 298 cm³/mol. The fraction of sp³-hybridized carbons (Fsp3) is 0.536. The average Bonchev–Trinajstić information content (AvgIpc) is 4.15. The van der Waals surface area contributed by atoms with Gasteiger partial charge in [0.1, 0.15) is 35.5 Å². The highest BCUT2D eigenvalue weighted by atomic mass is 32.1. The summed E-state index contributed by atoms with van der Waals surface area (Å²) in [5.74, 6) is -0.960. The van der Waals surface area contributed by atoms with E-state index in [-0.39, 0.29) is 105 Å². The molecule has 3 heterocycles. The Morgan fingerprint density at radius 1 is 0.873 bits per heavy atom. The molecule has 5 aromatic rings. The highest BCUT2D eigenvalue weighted by molar-refractivity contribution is 7.09. The van der Waals surface area contributed by atoms with Gasteiger partial charge in [-0.05, 0) is 66.2 Å². The second-order valence-corrected chi connectivity index (χ2v) is 21.0. The maximum absolute atomic E-state index is 13.8. The van der Waals surface area contributed by atoms with Crippen molar-refractivity contribution in [2.75, 3.05) is 45.3 Å². The van der Waals surface area contributed by atoms with Crippen molar-refractivity contribution in [1.82, 2.24) is 56.6 Å². The third-order valence-corrected chi connectivity index (χ3v) is 14.5. The van der Waals surface area contributed by atoms with Crippen molar-refractivity contribution in [2.24, 2.45) is 11.8 Å². The first-order chi connectivity index (χ1) is 38.1. The molecule has 0 spiro atoms. The minimum atomic E-state index is -0.888. The summed E-state index contributed by atoms with van der Waals surface area (Å²) in [5.41, 5.74) is 15.2. The largest absolute Gasteiger partial charge is 0.471 e. The Hall–Kier alpha value is -7.24. The molecule has 428 valence electrons. The normalized spacial score (nSPS) is 15.1. The number of nitrogens with two attached hydrogens (primary N) is 1. The number of carbonyl (C=O) groups excluding carboxylic acids is 6. The molecule has 8 N–H and O–H groups in total. The van der Waals surface area contributed by atoms with E-state index in [1.54, 1.807) is 5.38 Å². The van der Waals surface area contributed by atoms with E-state index >= 15 is 0 Å². The fourth-order valence-electron chi connectivity index (χ4n) is 9.15. The van der Waals surface area contributed by atoms with Crippen LogP contribution in [0.15, 0.2) is 60.2 Å². The third-order valence-electron chi connectivity index (χ3n) is 13.5. The number of nitrogens with one attached hydrogen (secondary N) is 6. The molecule has 6 amide bonds. The number of thiazole rings is 1. The van der Waals surface area contributed by atoms with Gasteiger partial charge < -0.3 is 50.5 Å². The number of H-pyrrole nitrogens is 1. The van der Waals surface area contributed by atoms with Gasteiger partial charge >= 0.3 is 6.09 Å². The van der Waals surface area contributed by atoms with Crippen LogP contribution in [0.1, 0.15) is 149 Å². The summed E-state index contributed by atoms with van der Waals surface area (Å²) < 4.78 is 22.9. The number of benzene rings is 2. The Morgan fingerprint density at radius 2 is 1.63 bits per heavy atom. The third kappa shape index (κ3) is 19.0. The Kier molecular flexibility index (Phi) is 24.2. The van der Waals surface area contributed by atoms with Crippen molar-refractivity contribution >= 4 is 64.1 Å². The minimum Gasteiger partial charge on any atom is -0.471 e. The number of anilines is 1. The van der Waals surface area contributed by atoms with E-state index in [0.29, 0.717) is 67.4 Å². The van der Waals surface area contributed by atoms with Gasteiger partial charge in [0.25, 0.3) is 5.91 Å². The van der Waals surface area contributed by atoms with Gasteiger partial charge in [-0.1, -0.05) is 96.5 Å². The minimum absolute atomic E-state index is 0.0432. The molecule has 3 aromatic heterocycles. The molecule has 5 atom stereocenters. The quantitative estimate of drug-likeness (QED) is 0.0179. The Labute approximate surface area is 465 Å². The van der Waals surface area contributed by atoms with Crippen LogP contribution in [0, 0.1) is 11.8 Å². The van der Waals surface area contributed by atoms with Crippen LogP contribution in [0.25, 0.3) is 11.2 Å². The number of carbonyl (C=O) groups is 6. The zero-order valence-corrected chi connectivity index (χ0v) is 47.1. The number of nitrogen functional groups attached to an aromatic ring is 1. The molecule has 1 unspecified atom stereocenters. The number of aromatic nitrogens is 5. The zero-order valence-electron chi connectivity index (χ0n) is 46.3. The summed E-state index contributed by atoms with van der Waals surface area (Å²) in [6, 6.07) is 14.6.